The third kappa shape index (κ3) is 4.69. The molecule has 2 aliphatic carbocycles. The van der Waals surface area contributed by atoms with E-state index in [2.05, 4.69) is 16.5 Å². The van der Waals surface area contributed by atoms with Crippen molar-refractivity contribution in [2.75, 3.05) is 12.4 Å². The Bertz CT molecular complexity index is 1520. The van der Waals surface area contributed by atoms with Gasteiger partial charge in [-0.3, -0.25) is 10.1 Å². The molecule has 6 rings (SSSR count). The molecule has 1 amide bonds. The number of benzene rings is 3. The van der Waals surface area contributed by atoms with Gasteiger partial charge in [-0.1, -0.05) is 78.0 Å². The maximum Gasteiger partial charge on any atom is 0.412 e. The number of hydrogen-bond acceptors (Lipinski definition) is 6. The third-order valence-electron chi connectivity index (χ3n) is 7.90. The Morgan fingerprint density at radius 2 is 1.62 bits per heavy atom. The highest BCUT2D eigenvalue weighted by atomic mass is 16.6. The van der Waals surface area contributed by atoms with Crippen LogP contribution in [0.2, 0.25) is 0 Å². The molecule has 0 saturated heterocycles. The smallest absolute Gasteiger partial charge is 0.412 e. The molecule has 1 unspecified atom stereocenters. The molecule has 0 aliphatic heterocycles. The fraction of sp³-hybridized carbons (Fsp3) is 0.281. The molecule has 1 saturated carbocycles. The van der Waals surface area contributed by atoms with Crippen molar-refractivity contribution in [3.05, 3.63) is 95.2 Å². The molecule has 3 aromatic carbocycles. The third-order valence-corrected chi connectivity index (χ3v) is 7.90. The lowest BCUT2D eigenvalue weighted by Gasteiger charge is -2.25. The molecule has 1 aromatic heterocycles. The molecule has 7 heteroatoms. The van der Waals surface area contributed by atoms with E-state index in [-0.39, 0.29) is 12.1 Å². The van der Waals surface area contributed by atoms with Crippen molar-refractivity contribution >= 4 is 17.7 Å². The van der Waals surface area contributed by atoms with Gasteiger partial charge in [-0.2, -0.15) is 0 Å². The minimum Gasteiger partial charge on any atom is -0.468 e. The van der Waals surface area contributed by atoms with Crippen molar-refractivity contribution in [2.45, 2.75) is 50.5 Å². The fourth-order valence-electron chi connectivity index (χ4n) is 5.53. The molecule has 39 heavy (non-hydrogen) atoms. The molecule has 1 N–H and O–H groups in total. The van der Waals surface area contributed by atoms with Gasteiger partial charge in [0, 0.05) is 5.56 Å². The molecule has 2 aliphatic rings. The van der Waals surface area contributed by atoms with Gasteiger partial charge in [0.15, 0.2) is 5.76 Å². The summed E-state index contributed by atoms with van der Waals surface area (Å²) in [5.74, 6) is 0.308. The lowest BCUT2D eigenvalue weighted by atomic mass is 9.89. The van der Waals surface area contributed by atoms with Crippen LogP contribution in [-0.4, -0.2) is 24.3 Å². The van der Waals surface area contributed by atoms with Crippen molar-refractivity contribution in [2.24, 2.45) is 0 Å². The second kappa shape index (κ2) is 10.1. The van der Waals surface area contributed by atoms with Crippen molar-refractivity contribution < 1.29 is 23.6 Å². The first-order valence-electron chi connectivity index (χ1n) is 13.3. The van der Waals surface area contributed by atoms with Crippen LogP contribution in [0.4, 0.5) is 10.5 Å². The van der Waals surface area contributed by atoms with Gasteiger partial charge in [0.1, 0.15) is 17.5 Å². The van der Waals surface area contributed by atoms with Gasteiger partial charge in [-0.05, 0) is 66.8 Å². The zero-order valence-electron chi connectivity index (χ0n) is 22.0. The van der Waals surface area contributed by atoms with Crippen molar-refractivity contribution in [3.63, 3.8) is 0 Å². The van der Waals surface area contributed by atoms with Crippen LogP contribution in [0.3, 0.4) is 0 Å². The van der Waals surface area contributed by atoms with Crippen LogP contribution in [0.1, 0.15) is 54.2 Å². The molecule has 4 aromatic rings. The Morgan fingerprint density at radius 1 is 0.949 bits per heavy atom. The van der Waals surface area contributed by atoms with E-state index in [4.69, 9.17) is 14.0 Å². The number of carbonyl (C=O) groups is 2. The number of carbonyl (C=O) groups excluding carboxylic acids is 2. The lowest BCUT2D eigenvalue weighted by molar-refractivity contribution is -0.143. The molecule has 1 atom stereocenters. The Kier molecular flexibility index (Phi) is 6.43. The number of amides is 1. The molecule has 1 heterocycles. The summed E-state index contributed by atoms with van der Waals surface area (Å²) in [4.78, 5) is 25.1. The van der Waals surface area contributed by atoms with E-state index >= 15 is 0 Å². The van der Waals surface area contributed by atoms with Crippen LogP contribution in [-0.2, 0) is 26.1 Å². The quantitative estimate of drug-likeness (QED) is 0.271. The number of hydrogen-bond donors (Lipinski definition) is 1. The zero-order valence-corrected chi connectivity index (χ0v) is 22.0. The first-order valence-corrected chi connectivity index (χ1v) is 13.3. The predicted octanol–water partition coefficient (Wildman–Crippen LogP) is 7.15. The van der Waals surface area contributed by atoms with Crippen LogP contribution in [0.15, 0.2) is 77.3 Å². The van der Waals surface area contributed by atoms with Crippen molar-refractivity contribution in [1.29, 1.82) is 0 Å². The summed E-state index contributed by atoms with van der Waals surface area (Å²) in [7, 11) is 1.44. The normalized spacial score (nSPS) is 17.1. The van der Waals surface area contributed by atoms with Gasteiger partial charge in [0.2, 0.25) is 0 Å². The largest absolute Gasteiger partial charge is 0.468 e. The molecule has 0 spiro atoms. The summed E-state index contributed by atoms with van der Waals surface area (Å²) in [5, 5.41) is 6.95. The average Bonchev–Trinajstić information content (AvgIpc) is 3.71. The van der Waals surface area contributed by atoms with E-state index in [1.807, 2.05) is 66.7 Å². The fourth-order valence-corrected chi connectivity index (χ4v) is 5.53. The summed E-state index contributed by atoms with van der Waals surface area (Å²) >= 11 is 0. The molecule has 0 radical (unpaired) electrons. The predicted molar refractivity (Wildman–Crippen MR) is 147 cm³/mol. The van der Waals surface area contributed by atoms with Gasteiger partial charge >= 0.3 is 12.1 Å². The average molecular weight is 523 g/mol. The topological polar surface area (TPSA) is 90.7 Å². The maximum absolute atomic E-state index is 12.9. The van der Waals surface area contributed by atoms with Crippen LogP contribution in [0, 0.1) is 6.92 Å². The Morgan fingerprint density at radius 3 is 2.31 bits per heavy atom. The van der Waals surface area contributed by atoms with E-state index in [0.29, 0.717) is 17.1 Å². The van der Waals surface area contributed by atoms with E-state index in [9.17, 15) is 9.59 Å². The number of anilines is 1. The number of esters is 1. The summed E-state index contributed by atoms with van der Waals surface area (Å²) in [5.41, 5.74) is 6.73. The molecular weight excluding hydrogens is 492 g/mol. The van der Waals surface area contributed by atoms with E-state index < -0.39 is 11.5 Å². The lowest BCUT2D eigenvalue weighted by Crippen LogP contribution is -2.21. The molecular formula is C32H30N2O5. The second-order valence-corrected chi connectivity index (χ2v) is 10.3. The van der Waals surface area contributed by atoms with Crippen LogP contribution >= 0.6 is 0 Å². The first-order chi connectivity index (χ1) is 19.0. The van der Waals surface area contributed by atoms with E-state index in [1.165, 1.54) is 12.7 Å². The minimum atomic E-state index is -0.527. The summed E-state index contributed by atoms with van der Waals surface area (Å²) < 4.78 is 16.4. The summed E-state index contributed by atoms with van der Waals surface area (Å²) in [6, 6.07) is 24.0. The number of nitrogens with zero attached hydrogens (tertiary/aromatic N) is 1. The second-order valence-electron chi connectivity index (χ2n) is 10.3. The van der Waals surface area contributed by atoms with Crippen LogP contribution < -0.4 is 5.32 Å². The molecule has 1 fully saturated rings. The first kappa shape index (κ1) is 24.9. The standard InChI is InChI=1S/C32H30N2O5/c1-20-28(33-31(36)38-27-9-5-7-23-6-3-4-8-26(23)27)29(39-34-20)24-12-10-21(11-13-24)22-14-16-25(17-15-22)32(18-19-32)30(35)37-2/h3-4,6,8,10-17,27H,5,7,9,18-19H2,1-2H3,(H,33,36). The molecule has 7 nitrogen and oxygen atoms in total. The number of rotatable bonds is 6. The highest BCUT2D eigenvalue weighted by molar-refractivity contribution is 5.91. The monoisotopic (exact) mass is 522 g/mol. The zero-order chi connectivity index (χ0) is 27.0. The highest BCUT2D eigenvalue weighted by Crippen LogP contribution is 2.49. The van der Waals surface area contributed by atoms with Gasteiger partial charge < -0.3 is 14.0 Å². The van der Waals surface area contributed by atoms with Gasteiger partial charge in [0.25, 0.3) is 0 Å². The molecule has 198 valence electrons. The Labute approximate surface area is 227 Å². The number of ether oxygens (including phenoxy) is 2. The number of nitrogens with one attached hydrogen (secondary N) is 1. The highest BCUT2D eigenvalue weighted by Gasteiger charge is 2.52. The SMILES string of the molecule is COC(=O)C1(c2ccc(-c3ccc(-c4onc(C)c4NC(=O)OC4CCCc5ccccc54)cc3)cc2)CC1. The van der Waals surface area contributed by atoms with Crippen molar-refractivity contribution in [1.82, 2.24) is 5.16 Å². The number of methoxy groups -OCH3 is 1. The molecule has 0 bridgehead atoms. The van der Waals surface area contributed by atoms with Crippen LogP contribution in [0.25, 0.3) is 22.5 Å². The Hall–Kier alpha value is -4.39. The number of aryl methyl sites for hydroxylation is 2. The van der Waals surface area contributed by atoms with E-state index in [0.717, 1.165) is 59.9 Å². The summed E-state index contributed by atoms with van der Waals surface area (Å²) in [6.45, 7) is 1.79. The minimum absolute atomic E-state index is 0.168. The van der Waals surface area contributed by atoms with E-state index in [1.54, 1.807) is 6.92 Å². The Balaban J connectivity index is 1.17. The van der Waals surface area contributed by atoms with Gasteiger partial charge in [0.05, 0.1) is 12.5 Å². The van der Waals surface area contributed by atoms with Gasteiger partial charge in [-0.25, -0.2) is 4.79 Å². The number of aromatic nitrogens is 1. The maximum atomic E-state index is 12.9. The van der Waals surface area contributed by atoms with Gasteiger partial charge in [-0.15, -0.1) is 0 Å². The summed E-state index contributed by atoms with van der Waals surface area (Å²) in [6.07, 6.45) is 3.62. The number of fused-ring (bicyclic) bond motifs is 1. The van der Waals surface area contributed by atoms with Crippen LogP contribution in [0.5, 0.6) is 0 Å². The van der Waals surface area contributed by atoms with Crippen molar-refractivity contribution in [3.8, 4) is 22.5 Å².